The van der Waals surface area contributed by atoms with Crippen LogP contribution in [0.5, 0.6) is 0 Å². The van der Waals surface area contributed by atoms with Gasteiger partial charge >= 0.3 is 0 Å². The number of aryl methyl sites for hydroxylation is 3. The first kappa shape index (κ1) is 8.72. The van der Waals surface area contributed by atoms with Gasteiger partial charge in [-0.15, -0.1) is 11.3 Å². The molecule has 1 aromatic rings. The van der Waals surface area contributed by atoms with E-state index in [9.17, 15) is 0 Å². The molecule has 0 aliphatic carbocycles. The highest BCUT2D eigenvalue weighted by atomic mass is 32.1. The van der Waals surface area contributed by atoms with Gasteiger partial charge in [0, 0.05) is 4.88 Å². The molecule has 0 N–H and O–H groups in total. The Labute approximate surface area is 72.5 Å². The monoisotopic (exact) mass is 169 g/mol. The Balaban J connectivity index is 2.58. The smallest absolute Gasteiger partial charge is 0.0930 e. The van der Waals surface area contributed by atoms with E-state index in [4.69, 9.17) is 0 Å². The predicted molar refractivity (Wildman–Crippen MR) is 50.2 cm³/mol. The van der Waals surface area contributed by atoms with Crippen LogP contribution in [0.15, 0.2) is 0 Å². The van der Waals surface area contributed by atoms with Gasteiger partial charge in [0.15, 0.2) is 0 Å². The van der Waals surface area contributed by atoms with Gasteiger partial charge in [0.25, 0.3) is 0 Å². The second-order valence-electron chi connectivity index (χ2n) is 2.85. The molecular formula is C9H15NS. The average molecular weight is 169 g/mol. The first-order chi connectivity index (χ1) is 5.24. The van der Waals surface area contributed by atoms with Crippen molar-refractivity contribution in [3.8, 4) is 0 Å². The Hall–Kier alpha value is -0.370. The third-order valence-corrected chi connectivity index (χ3v) is 2.95. The third kappa shape index (κ3) is 2.29. The summed E-state index contributed by atoms with van der Waals surface area (Å²) in [4.78, 5) is 5.84. The highest BCUT2D eigenvalue weighted by Crippen LogP contribution is 2.17. The molecule has 0 aromatic carbocycles. The van der Waals surface area contributed by atoms with Crippen molar-refractivity contribution >= 4 is 11.3 Å². The van der Waals surface area contributed by atoms with Crippen LogP contribution in [0.3, 0.4) is 0 Å². The van der Waals surface area contributed by atoms with Gasteiger partial charge in [-0.1, -0.05) is 13.3 Å². The van der Waals surface area contributed by atoms with Crippen LogP contribution in [0.25, 0.3) is 0 Å². The summed E-state index contributed by atoms with van der Waals surface area (Å²) in [6.45, 7) is 6.44. The Morgan fingerprint density at radius 3 is 2.55 bits per heavy atom. The number of nitrogens with zero attached hydrogens (tertiary/aromatic N) is 1. The molecule has 62 valence electrons. The topological polar surface area (TPSA) is 12.9 Å². The number of thiazole rings is 1. The molecule has 0 saturated heterocycles. The van der Waals surface area contributed by atoms with E-state index in [1.54, 1.807) is 0 Å². The summed E-state index contributed by atoms with van der Waals surface area (Å²) in [6.07, 6.45) is 3.69. The normalized spacial score (nSPS) is 10.5. The zero-order valence-corrected chi connectivity index (χ0v) is 8.29. The van der Waals surface area contributed by atoms with Crippen LogP contribution in [0.1, 0.15) is 35.3 Å². The molecule has 2 heteroatoms. The van der Waals surface area contributed by atoms with Gasteiger partial charge in [-0.05, 0) is 26.7 Å². The quantitative estimate of drug-likeness (QED) is 0.677. The van der Waals surface area contributed by atoms with E-state index in [1.807, 2.05) is 11.3 Å². The van der Waals surface area contributed by atoms with Crippen molar-refractivity contribution in [2.45, 2.75) is 40.0 Å². The highest BCUT2D eigenvalue weighted by molar-refractivity contribution is 7.11. The molecule has 11 heavy (non-hydrogen) atoms. The molecule has 0 bridgehead atoms. The van der Waals surface area contributed by atoms with Crippen molar-refractivity contribution in [3.63, 3.8) is 0 Å². The van der Waals surface area contributed by atoms with Crippen molar-refractivity contribution in [1.82, 2.24) is 4.98 Å². The fourth-order valence-electron chi connectivity index (χ4n) is 0.974. The fourth-order valence-corrected chi connectivity index (χ4v) is 1.95. The summed E-state index contributed by atoms with van der Waals surface area (Å²) in [5, 5.41) is 1.31. The molecule has 0 amide bonds. The highest BCUT2D eigenvalue weighted by Gasteiger charge is 2.01. The van der Waals surface area contributed by atoms with Crippen LogP contribution in [-0.4, -0.2) is 4.98 Å². The number of rotatable bonds is 3. The van der Waals surface area contributed by atoms with Gasteiger partial charge in [0.1, 0.15) is 0 Å². The lowest BCUT2D eigenvalue weighted by molar-refractivity contribution is 0.788. The first-order valence-corrected chi connectivity index (χ1v) is 4.98. The van der Waals surface area contributed by atoms with Gasteiger partial charge in [-0.25, -0.2) is 4.98 Å². The summed E-state index contributed by atoms with van der Waals surface area (Å²) < 4.78 is 0. The van der Waals surface area contributed by atoms with Crippen LogP contribution < -0.4 is 0 Å². The molecule has 0 aliphatic heterocycles. The lowest BCUT2D eigenvalue weighted by atomic mass is 10.3. The standard InChI is InChI=1S/C9H15NS/c1-4-5-6-9-10-7(2)8(3)11-9/h4-6H2,1-3H3. The molecule has 1 rings (SSSR count). The molecule has 0 radical (unpaired) electrons. The van der Waals surface area contributed by atoms with Gasteiger partial charge in [-0.3, -0.25) is 0 Å². The van der Waals surface area contributed by atoms with Gasteiger partial charge in [0.2, 0.25) is 0 Å². The van der Waals surface area contributed by atoms with Gasteiger partial charge in [-0.2, -0.15) is 0 Å². The van der Waals surface area contributed by atoms with Crippen LogP contribution in [0.4, 0.5) is 0 Å². The molecule has 0 spiro atoms. The Bertz CT molecular complexity index is 208. The maximum Gasteiger partial charge on any atom is 0.0930 e. The van der Waals surface area contributed by atoms with E-state index in [-0.39, 0.29) is 0 Å². The molecule has 0 fully saturated rings. The number of aromatic nitrogens is 1. The summed E-state index contributed by atoms with van der Waals surface area (Å²) in [7, 11) is 0. The zero-order chi connectivity index (χ0) is 8.27. The number of unbranched alkanes of at least 4 members (excludes halogenated alkanes) is 1. The summed E-state index contributed by atoms with van der Waals surface area (Å²) in [6, 6.07) is 0. The maximum atomic E-state index is 4.47. The molecule has 1 aromatic heterocycles. The SMILES string of the molecule is CCCCc1nc(C)c(C)s1. The van der Waals surface area contributed by atoms with Crippen molar-refractivity contribution in [1.29, 1.82) is 0 Å². The molecule has 0 saturated carbocycles. The molecule has 0 atom stereocenters. The maximum absolute atomic E-state index is 4.47. The van der Waals surface area contributed by atoms with Crippen LogP contribution in [-0.2, 0) is 6.42 Å². The minimum atomic E-state index is 1.16. The number of hydrogen-bond acceptors (Lipinski definition) is 2. The fraction of sp³-hybridized carbons (Fsp3) is 0.667. The second-order valence-corrected chi connectivity index (χ2v) is 4.14. The molecular weight excluding hydrogens is 154 g/mol. The van der Waals surface area contributed by atoms with E-state index < -0.39 is 0 Å². The summed E-state index contributed by atoms with van der Waals surface area (Å²) in [5.74, 6) is 0. The molecule has 0 unspecified atom stereocenters. The van der Waals surface area contributed by atoms with Crippen LogP contribution in [0, 0.1) is 13.8 Å². The summed E-state index contributed by atoms with van der Waals surface area (Å²) in [5.41, 5.74) is 1.21. The zero-order valence-electron chi connectivity index (χ0n) is 7.48. The first-order valence-electron chi connectivity index (χ1n) is 4.17. The minimum absolute atomic E-state index is 1.16. The van der Waals surface area contributed by atoms with Crippen molar-refractivity contribution < 1.29 is 0 Å². The van der Waals surface area contributed by atoms with Gasteiger partial charge in [0.05, 0.1) is 10.7 Å². The summed E-state index contributed by atoms with van der Waals surface area (Å²) >= 11 is 1.84. The lowest BCUT2D eigenvalue weighted by Gasteiger charge is -1.89. The van der Waals surface area contributed by atoms with Crippen molar-refractivity contribution in [2.24, 2.45) is 0 Å². The predicted octanol–water partition coefficient (Wildman–Crippen LogP) is 3.10. The van der Waals surface area contributed by atoms with E-state index >= 15 is 0 Å². The Morgan fingerprint density at radius 1 is 1.36 bits per heavy atom. The molecule has 1 heterocycles. The van der Waals surface area contributed by atoms with Crippen molar-refractivity contribution in [3.05, 3.63) is 15.6 Å². The Morgan fingerprint density at radius 2 is 2.09 bits per heavy atom. The Kier molecular flexibility index (Phi) is 3.06. The van der Waals surface area contributed by atoms with Crippen LogP contribution >= 0.6 is 11.3 Å². The minimum Gasteiger partial charge on any atom is -0.246 e. The van der Waals surface area contributed by atoms with Gasteiger partial charge < -0.3 is 0 Å². The molecule has 0 aliphatic rings. The van der Waals surface area contributed by atoms with Crippen LogP contribution in [0.2, 0.25) is 0 Å². The van der Waals surface area contributed by atoms with E-state index in [0.717, 1.165) is 6.42 Å². The molecule has 1 nitrogen and oxygen atoms in total. The average Bonchev–Trinajstić information content (AvgIpc) is 2.28. The van der Waals surface area contributed by atoms with E-state index in [2.05, 4.69) is 25.8 Å². The number of hydrogen-bond donors (Lipinski definition) is 0. The largest absolute Gasteiger partial charge is 0.246 e. The lowest BCUT2D eigenvalue weighted by Crippen LogP contribution is -1.82. The van der Waals surface area contributed by atoms with Crippen molar-refractivity contribution in [2.75, 3.05) is 0 Å². The van der Waals surface area contributed by atoms with E-state index in [1.165, 1.54) is 28.4 Å². The third-order valence-electron chi connectivity index (χ3n) is 1.82. The second kappa shape index (κ2) is 3.86. The van der Waals surface area contributed by atoms with E-state index in [0.29, 0.717) is 0 Å².